The second-order valence-electron chi connectivity index (χ2n) is 5.36. The zero-order chi connectivity index (χ0) is 10.9. The molecule has 0 N–H and O–H groups in total. The number of rotatable bonds is 2. The van der Waals surface area contributed by atoms with Gasteiger partial charge in [-0.3, -0.25) is 0 Å². The molecule has 0 nitrogen and oxygen atoms in total. The van der Waals surface area contributed by atoms with Crippen molar-refractivity contribution in [3.63, 3.8) is 0 Å². The molecule has 0 aromatic heterocycles. The Kier molecular flexibility index (Phi) is 3.74. The molecule has 0 bridgehead atoms. The predicted octanol–water partition coefficient (Wildman–Crippen LogP) is 4.57. The van der Waals surface area contributed by atoms with Crippen LogP contribution in [-0.4, -0.2) is 0 Å². The fraction of sp³-hybridized carbons (Fsp3) is 0.846. The van der Waals surface area contributed by atoms with E-state index in [1.54, 1.807) is 6.92 Å². The van der Waals surface area contributed by atoms with Crippen LogP contribution < -0.4 is 0 Å². The summed E-state index contributed by atoms with van der Waals surface area (Å²) in [5.74, 6) is 2.81. The first kappa shape index (κ1) is 11.7. The van der Waals surface area contributed by atoms with Crippen LogP contribution in [0.2, 0.25) is 0 Å². The number of hydrogen-bond donors (Lipinski definition) is 0. The maximum Gasteiger partial charge on any atom is 0.0960 e. The molecule has 1 aliphatic rings. The Balaban J connectivity index is 2.81. The van der Waals surface area contributed by atoms with E-state index < -0.39 is 0 Å². The molecular formula is C13H23F. The summed E-state index contributed by atoms with van der Waals surface area (Å²) in [6.45, 7) is 10.6. The van der Waals surface area contributed by atoms with Gasteiger partial charge in [0.25, 0.3) is 0 Å². The highest BCUT2D eigenvalue weighted by atomic mass is 19.1. The quantitative estimate of drug-likeness (QED) is 0.609. The highest BCUT2D eigenvalue weighted by molar-refractivity contribution is 5.14. The predicted molar refractivity (Wildman–Crippen MR) is 59.7 cm³/mol. The summed E-state index contributed by atoms with van der Waals surface area (Å²) in [7, 11) is 0. The lowest BCUT2D eigenvalue weighted by Crippen LogP contribution is -2.18. The first-order valence-corrected chi connectivity index (χ1v) is 5.77. The molecule has 2 unspecified atom stereocenters. The van der Waals surface area contributed by atoms with Gasteiger partial charge in [0, 0.05) is 0 Å². The molecule has 82 valence electrons. The maximum atomic E-state index is 13.2. The molecule has 0 heterocycles. The van der Waals surface area contributed by atoms with Gasteiger partial charge >= 0.3 is 0 Å². The summed E-state index contributed by atoms with van der Waals surface area (Å²) in [4.78, 5) is 0. The van der Waals surface area contributed by atoms with Crippen LogP contribution in [0.15, 0.2) is 11.4 Å². The minimum Gasteiger partial charge on any atom is -0.212 e. The molecule has 1 rings (SSSR count). The SMILES string of the molecule is CC(F)=C1CC(C(C)C)C(C(C)C)C1. The molecule has 0 saturated heterocycles. The van der Waals surface area contributed by atoms with Gasteiger partial charge in [0.2, 0.25) is 0 Å². The van der Waals surface area contributed by atoms with E-state index in [1.165, 1.54) is 0 Å². The van der Waals surface area contributed by atoms with Gasteiger partial charge in [-0.05, 0) is 49.0 Å². The van der Waals surface area contributed by atoms with Crippen molar-refractivity contribution >= 4 is 0 Å². The molecular weight excluding hydrogens is 175 g/mol. The summed E-state index contributed by atoms with van der Waals surface area (Å²) >= 11 is 0. The third-order valence-corrected chi connectivity index (χ3v) is 3.71. The maximum absolute atomic E-state index is 13.2. The number of hydrogen-bond acceptors (Lipinski definition) is 0. The zero-order valence-electron chi connectivity index (χ0n) is 10.1. The van der Waals surface area contributed by atoms with Crippen molar-refractivity contribution in [1.82, 2.24) is 0 Å². The third kappa shape index (κ3) is 2.37. The van der Waals surface area contributed by atoms with E-state index in [-0.39, 0.29) is 5.83 Å². The lowest BCUT2D eigenvalue weighted by molar-refractivity contribution is 0.235. The van der Waals surface area contributed by atoms with Crippen LogP contribution >= 0.6 is 0 Å². The molecule has 0 aromatic carbocycles. The molecule has 1 saturated carbocycles. The molecule has 1 heteroatoms. The van der Waals surface area contributed by atoms with Gasteiger partial charge in [-0.2, -0.15) is 0 Å². The van der Waals surface area contributed by atoms with Gasteiger partial charge in [0.05, 0.1) is 5.83 Å². The molecule has 1 aliphatic carbocycles. The summed E-state index contributed by atoms with van der Waals surface area (Å²) in [6, 6.07) is 0. The monoisotopic (exact) mass is 198 g/mol. The van der Waals surface area contributed by atoms with Crippen molar-refractivity contribution in [2.24, 2.45) is 23.7 Å². The van der Waals surface area contributed by atoms with E-state index in [2.05, 4.69) is 27.7 Å². The average molecular weight is 198 g/mol. The van der Waals surface area contributed by atoms with Gasteiger partial charge in [-0.15, -0.1) is 0 Å². The second kappa shape index (κ2) is 4.46. The number of halogens is 1. The average Bonchev–Trinajstić information content (AvgIpc) is 2.47. The molecule has 0 amide bonds. The first-order chi connectivity index (χ1) is 6.43. The van der Waals surface area contributed by atoms with E-state index in [9.17, 15) is 4.39 Å². The van der Waals surface area contributed by atoms with Gasteiger partial charge in [-0.25, -0.2) is 4.39 Å². The van der Waals surface area contributed by atoms with Gasteiger partial charge in [0.1, 0.15) is 0 Å². The normalized spacial score (nSPS) is 27.9. The Morgan fingerprint density at radius 2 is 1.43 bits per heavy atom. The van der Waals surface area contributed by atoms with Crippen LogP contribution in [0.4, 0.5) is 4.39 Å². The fourth-order valence-corrected chi connectivity index (χ4v) is 2.70. The summed E-state index contributed by atoms with van der Waals surface area (Å²) in [5.41, 5.74) is 1.07. The van der Waals surface area contributed by atoms with Crippen LogP contribution in [0, 0.1) is 23.7 Å². The Hall–Kier alpha value is -0.330. The Morgan fingerprint density at radius 3 is 1.64 bits per heavy atom. The van der Waals surface area contributed by atoms with Crippen molar-refractivity contribution in [2.75, 3.05) is 0 Å². The van der Waals surface area contributed by atoms with E-state index in [1.807, 2.05) is 0 Å². The molecule has 0 spiro atoms. The summed E-state index contributed by atoms with van der Waals surface area (Å²) < 4.78 is 13.2. The van der Waals surface area contributed by atoms with E-state index in [4.69, 9.17) is 0 Å². The Bertz CT molecular complexity index is 203. The topological polar surface area (TPSA) is 0 Å². The van der Waals surface area contributed by atoms with Crippen LogP contribution in [0.1, 0.15) is 47.5 Å². The van der Waals surface area contributed by atoms with Crippen molar-refractivity contribution in [1.29, 1.82) is 0 Å². The van der Waals surface area contributed by atoms with Crippen LogP contribution in [0.5, 0.6) is 0 Å². The molecule has 0 radical (unpaired) electrons. The fourth-order valence-electron chi connectivity index (χ4n) is 2.70. The number of allylic oxidation sites excluding steroid dienone is 2. The Labute approximate surface area is 87.6 Å². The lowest BCUT2D eigenvalue weighted by atomic mass is 9.80. The summed E-state index contributed by atoms with van der Waals surface area (Å²) in [5, 5.41) is 0. The first-order valence-electron chi connectivity index (χ1n) is 5.77. The van der Waals surface area contributed by atoms with Crippen LogP contribution in [-0.2, 0) is 0 Å². The van der Waals surface area contributed by atoms with Crippen molar-refractivity contribution < 1.29 is 4.39 Å². The van der Waals surface area contributed by atoms with Gasteiger partial charge < -0.3 is 0 Å². The van der Waals surface area contributed by atoms with E-state index in [0.29, 0.717) is 23.7 Å². The van der Waals surface area contributed by atoms with E-state index >= 15 is 0 Å². The smallest absolute Gasteiger partial charge is 0.0960 e. The minimum atomic E-state index is 0.0683. The Morgan fingerprint density at radius 1 is 1.07 bits per heavy atom. The van der Waals surface area contributed by atoms with E-state index in [0.717, 1.165) is 18.4 Å². The lowest BCUT2D eigenvalue weighted by Gasteiger charge is -2.25. The van der Waals surface area contributed by atoms with Gasteiger partial charge in [0.15, 0.2) is 0 Å². The van der Waals surface area contributed by atoms with Crippen molar-refractivity contribution in [3.8, 4) is 0 Å². The highest BCUT2D eigenvalue weighted by Crippen LogP contribution is 2.45. The largest absolute Gasteiger partial charge is 0.212 e. The summed E-state index contributed by atoms with van der Waals surface area (Å²) in [6.07, 6.45) is 1.98. The zero-order valence-corrected chi connectivity index (χ0v) is 10.1. The minimum absolute atomic E-state index is 0.0683. The molecule has 0 aromatic rings. The molecule has 0 aliphatic heterocycles. The second-order valence-corrected chi connectivity index (χ2v) is 5.36. The highest BCUT2D eigenvalue weighted by Gasteiger charge is 2.35. The molecule has 2 atom stereocenters. The third-order valence-electron chi connectivity index (χ3n) is 3.71. The molecule has 14 heavy (non-hydrogen) atoms. The van der Waals surface area contributed by atoms with Gasteiger partial charge in [-0.1, -0.05) is 27.7 Å². The van der Waals surface area contributed by atoms with Crippen LogP contribution in [0.3, 0.4) is 0 Å². The van der Waals surface area contributed by atoms with Crippen LogP contribution in [0.25, 0.3) is 0 Å². The standard InChI is InChI=1S/C13H23F/c1-8(2)12-6-11(10(5)14)7-13(12)9(3)4/h8-9,12-13H,6-7H2,1-5H3. The molecule has 1 fully saturated rings. The van der Waals surface area contributed by atoms with Crippen molar-refractivity contribution in [3.05, 3.63) is 11.4 Å². The van der Waals surface area contributed by atoms with Crippen molar-refractivity contribution in [2.45, 2.75) is 47.5 Å².